The highest BCUT2D eigenvalue weighted by Crippen LogP contribution is 2.76. The summed E-state index contributed by atoms with van der Waals surface area (Å²) in [5, 5.41) is 42.3. The smallest absolute Gasteiger partial charge is 0.310 e. The first kappa shape index (κ1) is 33.4. The van der Waals surface area contributed by atoms with E-state index < -0.39 is 42.1 Å². The zero-order valence-corrected chi connectivity index (χ0v) is 28.6. The fourth-order valence-corrected chi connectivity index (χ4v) is 12.7. The summed E-state index contributed by atoms with van der Waals surface area (Å²) in [6, 6.07) is 0. The van der Waals surface area contributed by atoms with Crippen LogP contribution in [0.5, 0.6) is 0 Å². The second-order valence-electron chi connectivity index (χ2n) is 18.2. The lowest BCUT2D eigenvalue weighted by atomic mass is 9.33. The molecular formula is C37H58O8. The van der Waals surface area contributed by atoms with Crippen LogP contribution >= 0.6 is 0 Å². The van der Waals surface area contributed by atoms with E-state index in [4.69, 9.17) is 9.47 Å². The van der Waals surface area contributed by atoms with Gasteiger partial charge in [0.05, 0.1) is 11.5 Å². The minimum Gasteiger partial charge on any atom is -0.481 e. The van der Waals surface area contributed by atoms with Crippen LogP contribution in [-0.2, 0) is 19.1 Å². The van der Waals surface area contributed by atoms with Gasteiger partial charge in [-0.1, -0.05) is 60.1 Å². The molecule has 8 heteroatoms. The molecule has 5 unspecified atom stereocenters. The minimum atomic E-state index is -1.49. The predicted molar refractivity (Wildman–Crippen MR) is 169 cm³/mol. The third-order valence-corrected chi connectivity index (χ3v) is 15.7. The van der Waals surface area contributed by atoms with Crippen LogP contribution in [0.2, 0.25) is 0 Å². The number of allylic oxidation sites excluding steroid dienone is 2. The number of rotatable bonds is 5. The molecule has 6 rings (SSSR count). The van der Waals surface area contributed by atoms with Gasteiger partial charge in [0.25, 0.3) is 6.47 Å². The molecule has 254 valence electrons. The van der Waals surface area contributed by atoms with E-state index in [1.807, 2.05) is 0 Å². The van der Waals surface area contributed by atoms with E-state index in [2.05, 4.69) is 54.5 Å². The van der Waals surface area contributed by atoms with Gasteiger partial charge in [-0.15, -0.1) is 0 Å². The molecule has 13 atom stereocenters. The lowest BCUT2D eigenvalue weighted by Crippen LogP contribution is -2.65. The van der Waals surface area contributed by atoms with Gasteiger partial charge >= 0.3 is 5.97 Å². The van der Waals surface area contributed by atoms with Crippen molar-refractivity contribution in [3.05, 3.63) is 11.6 Å². The van der Waals surface area contributed by atoms with Crippen LogP contribution in [0.1, 0.15) is 119 Å². The first-order valence-corrected chi connectivity index (χ1v) is 17.6. The van der Waals surface area contributed by atoms with Crippen molar-refractivity contribution >= 4 is 12.4 Å². The molecule has 45 heavy (non-hydrogen) atoms. The lowest BCUT2D eigenvalue weighted by molar-refractivity contribution is -0.290. The molecule has 6 aliphatic rings. The second kappa shape index (κ2) is 10.8. The van der Waals surface area contributed by atoms with Crippen molar-refractivity contribution in [3.63, 3.8) is 0 Å². The Hall–Kier alpha value is -1.48. The lowest BCUT2D eigenvalue weighted by Gasteiger charge is -2.71. The van der Waals surface area contributed by atoms with Crippen LogP contribution in [0, 0.1) is 56.2 Å². The van der Waals surface area contributed by atoms with E-state index >= 15 is 0 Å². The van der Waals surface area contributed by atoms with Gasteiger partial charge in [-0.05, 0) is 121 Å². The highest BCUT2D eigenvalue weighted by Gasteiger charge is 2.69. The van der Waals surface area contributed by atoms with Crippen LogP contribution in [-0.4, -0.2) is 63.6 Å². The Balaban J connectivity index is 1.28. The van der Waals surface area contributed by atoms with E-state index in [1.165, 1.54) is 5.57 Å². The molecule has 0 amide bonds. The number of hydrogen-bond acceptors (Lipinski definition) is 7. The molecule has 0 radical (unpaired) electrons. The molecule has 8 nitrogen and oxygen atoms in total. The molecule has 5 fully saturated rings. The fourth-order valence-electron chi connectivity index (χ4n) is 12.7. The third-order valence-electron chi connectivity index (χ3n) is 15.7. The number of aliphatic hydroxyl groups is 3. The number of carbonyl (C=O) groups excluding carboxylic acids is 1. The van der Waals surface area contributed by atoms with E-state index in [0.29, 0.717) is 18.3 Å². The molecule has 4 N–H and O–H groups in total. The summed E-state index contributed by atoms with van der Waals surface area (Å²) < 4.78 is 10.8. The van der Waals surface area contributed by atoms with Gasteiger partial charge in [-0.25, -0.2) is 0 Å². The van der Waals surface area contributed by atoms with Crippen molar-refractivity contribution in [2.75, 3.05) is 0 Å². The predicted octanol–water partition coefficient (Wildman–Crippen LogP) is 5.86. The average molecular weight is 631 g/mol. The molecule has 0 bridgehead atoms. The van der Waals surface area contributed by atoms with E-state index in [0.717, 1.165) is 64.2 Å². The van der Waals surface area contributed by atoms with E-state index in [1.54, 1.807) is 0 Å². The maximum absolute atomic E-state index is 13.0. The molecular weight excluding hydrogens is 572 g/mol. The van der Waals surface area contributed by atoms with Gasteiger partial charge in [0, 0.05) is 0 Å². The number of carboxylic acid groups (broad SMARTS) is 1. The molecule has 0 spiro atoms. The monoisotopic (exact) mass is 630 g/mol. The molecule has 1 saturated heterocycles. The van der Waals surface area contributed by atoms with Crippen LogP contribution < -0.4 is 0 Å². The number of aliphatic carboxylic acids is 1. The van der Waals surface area contributed by atoms with Gasteiger partial charge in [0.2, 0.25) is 6.29 Å². The molecule has 5 aliphatic carbocycles. The highest BCUT2D eigenvalue weighted by atomic mass is 16.7. The van der Waals surface area contributed by atoms with Gasteiger partial charge in [-0.3, -0.25) is 9.59 Å². The summed E-state index contributed by atoms with van der Waals surface area (Å²) in [5.41, 5.74) is 1.07. The summed E-state index contributed by atoms with van der Waals surface area (Å²) in [7, 11) is 0. The number of fused-ring (bicyclic) bond motifs is 7. The maximum Gasteiger partial charge on any atom is 0.310 e. The van der Waals surface area contributed by atoms with Gasteiger partial charge in [0.1, 0.15) is 18.3 Å². The fraction of sp³-hybridized carbons (Fsp3) is 0.892. The Morgan fingerprint density at radius 1 is 0.911 bits per heavy atom. The molecule has 0 aromatic heterocycles. The molecule has 4 saturated carbocycles. The van der Waals surface area contributed by atoms with Gasteiger partial charge < -0.3 is 29.9 Å². The summed E-state index contributed by atoms with van der Waals surface area (Å²) in [6.07, 6.45) is 6.44. The van der Waals surface area contributed by atoms with Crippen molar-refractivity contribution in [1.82, 2.24) is 0 Å². The number of carboxylic acids is 1. The minimum absolute atomic E-state index is 0.0213. The zero-order valence-electron chi connectivity index (χ0n) is 28.6. The maximum atomic E-state index is 13.0. The van der Waals surface area contributed by atoms with Crippen molar-refractivity contribution in [2.24, 2.45) is 56.2 Å². The Labute approximate surface area is 269 Å². The van der Waals surface area contributed by atoms with E-state index in [-0.39, 0.29) is 45.4 Å². The largest absolute Gasteiger partial charge is 0.481 e. The first-order valence-electron chi connectivity index (χ1n) is 17.6. The number of ether oxygens (including phenoxy) is 2. The summed E-state index contributed by atoms with van der Waals surface area (Å²) >= 11 is 0. The van der Waals surface area contributed by atoms with Crippen LogP contribution in [0.25, 0.3) is 0 Å². The molecule has 0 aromatic rings. The van der Waals surface area contributed by atoms with E-state index in [9.17, 15) is 30.0 Å². The Morgan fingerprint density at radius 2 is 1.60 bits per heavy atom. The standard InChI is InChI=1S/C37H58O8/c1-32(2)14-16-37(31(42)43)17-15-35(6)22(23(37)19-32)8-9-26-34(5)12-10-21(33(3,4)25(34)11-13-36(26,35)7)18-24-27(39)28(40)29(41)30(45-24)44-20-38/h8,20-21,23-30,39-41H,9-19H2,1-7H3,(H,42,43)/t21-,23?,24-,25?,26?,27?,28+,29-,30?,34-,35+,36+,37-/m0/s1. The Bertz CT molecular complexity index is 1230. The summed E-state index contributed by atoms with van der Waals surface area (Å²) in [4.78, 5) is 24.0. The molecule has 0 aromatic carbocycles. The highest BCUT2D eigenvalue weighted by molar-refractivity contribution is 5.76. The third kappa shape index (κ3) is 4.65. The summed E-state index contributed by atoms with van der Waals surface area (Å²) in [6.45, 7) is 17.1. The quantitative estimate of drug-likeness (QED) is 0.219. The topological polar surface area (TPSA) is 134 Å². The average Bonchev–Trinajstić information content (AvgIpc) is 2.95. The Morgan fingerprint density at radius 3 is 2.27 bits per heavy atom. The zero-order chi connectivity index (χ0) is 33.0. The second-order valence-corrected chi connectivity index (χ2v) is 18.2. The summed E-state index contributed by atoms with van der Waals surface area (Å²) in [5.74, 6) is 0.682. The van der Waals surface area contributed by atoms with Crippen LogP contribution in [0.15, 0.2) is 11.6 Å². The number of hydrogen-bond donors (Lipinski definition) is 4. The molecule has 1 aliphatic heterocycles. The Kier molecular flexibility index (Phi) is 7.99. The van der Waals surface area contributed by atoms with Crippen molar-refractivity contribution in [1.29, 1.82) is 0 Å². The molecule has 1 heterocycles. The van der Waals surface area contributed by atoms with Crippen molar-refractivity contribution in [2.45, 2.75) is 150 Å². The first-order chi connectivity index (χ1) is 20.9. The van der Waals surface area contributed by atoms with Gasteiger partial charge in [-0.2, -0.15) is 0 Å². The van der Waals surface area contributed by atoms with Crippen LogP contribution in [0.4, 0.5) is 0 Å². The normalized spacial score (nSPS) is 51.8. The van der Waals surface area contributed by atoms with Crippen molar-refractivity contribution in [3.8, 4) is 0 Å². The van der Waals surface area contributed by atoms with Gasteiger partial charge in [0.15, 0.2) is 0 Å². The number of aliphatic hydroxyl groups excluding tert-OH is 3. The van der Waals surface area contributed by atoms with Crippen molar-refractivity contribution < 1.29 is 39.5 Å². The SMILES string of the molecule is CC1(C)CC[C@]2(C(=O)O)CC[C@]3(C)C(=CCC4[C@@]5(C)CC[C@@H](C[C@@H]6OC(OC=O)[C@@H](O)[C@H](O)C6O)C(C)(C)C5CC[C@]43C)C2C1. The van der Waals surface area contributed by atoms with Crippen LogP contribution in [0.3, 0.4) is 0 Å². The number of carbonyl (C=O) groups is 2.